The van der Waals surface area contributed by atoms with Gasteiger partial charge in [0.05, 0.1) is 27.7 Å². The smallest absolute Gasteiger partial charge is 0.306 e. The van der Waals surface area contributed by atoms with E-state index < -0.39 is 26.5 Å². The van der Waals surface area contributed by atoms with Gasteiger partial charge in [0.25, 0.3) is 7.82 Å². The lowest BCUT2D eigenvalue weighted by molar-refractivity contribution is -0.870. The number of allylic oxidation sites excluding steroid dienone is 12. The fourth-order valence-corrected chi connectivity index (χ4v) is 11.7. The number of nitrogens with zero attached hydrogens (tertiary/aromatic N) is 1. The van der Waals surface area contributed by atoms with Crippen LogP contribution >= 0.6 is 7.82 Å². The third kappa shape index (κ3) is 72.5. The Labute approximate surface area is 546 Å². The number of hydrogen-bond donors (Lipinski definition) is 0. The SMILES string of the molecule is CC/C=C\C/C=C\C/C=C\C/C=C\C/C=C\CCCCCCCCCCCCCC(=O)OC(COC(=O)CCCCCCCCCCCCCCCCCCCCCCCCCCC/C=C\CCCCCCCCCC)COP(=O)([O-])OCC[N+](C)(C)C. The van der Waals surface area contributed by atoms with Crippen LogP contribution < -0.4 is 4.89 Å². The predicted molar refractivity (Wildman–Crippen MR) is 379 cm³/mol. The molecule has 9 nitrogen and oxygen atoms in total. The lowest BCUT2D eigenvalue weighted by Crippen LogP contribution is -2.37. The second kappa shape index (κ2) is 68.8. The maximum atomic E-state index is 12.9. The third-order valence-electron chi connectivity index (χ3n) is 16.7. The lowest BCUT2D eigenvalue weighted by Gasteiger charge is -2.28. The van der Waals surface area contributed by atoms with Crippen molar-refractivity contribution < 1.29 is 42.1 Å². The summed E-state index contributed by atoms with van der Waals surface area (Å²) in [6.45, 7) is 4.17. The van der Waals surface area contributed by atoms with Gasteiger partial charge < -0.3 is 27.9 Å². The van der Waals surface area contributed by atoms with E-state index in [0.717, 1.165) is 77.0 Å². The maximum absolute atomic E-state index is 12.9. The molecule has 0 aliphatic heterocycles. The fourth-order valence-electron chi connectivity index (χ4n) is 11.0. The van der Waals surface area contributed by atoms with Crippen LogP contribution in [-0.2, 0) is 32.7 Å². The minimum atomic E-state index is -4.65. The summed E-state index contributed by atoms with van der Waals surface area (Å²) in [4.78, 5) is 38.1. The maximum Gasteiger partial charge on any atom is 0.306 e. The highest BCUT2D eigenvalue weighted by Gasteiger charge is 2.22. The van der Waals surface area contributed by atoms with E-state index in [4.69, 9.17) is 18.5 Å². The van der Waals surface area contributed by atoms with Crippen LogP contribution in [0.5, 0.6) is 0 Å². The molecule has 0 saturated heterocycles. The van der Waals surface area contributed by atoms with Crippen molar-refractivity contribution in [2.24, 2.45) is 0 Å². The Morgan fingerprint density at radius 2 is 0.648 bits per heavy atom. The van der Waals surface area contributed by atoms with Gasteiger partial charge in [0.2, 0.25) is 0 Å². The molecular weight excluding hydrogens is 1110 g/mol. The molecule has 0 N–H and O–H groups in total. The zero-order chi connectivity index (χ0) is 64.1. The Morgan fingerprint density at radius 1 is 0.364 bits per heavy atom. The number of phosphoric ester groups is 1. The van der Waals surface area contributed by atoms with E-state index in [9.17, 15) is 19.0 Å². The van der Waals surface area contributed by atoms with Crippen LogP contribution in [0.1, 0.15) is 361 Å². The number of rotatable bonds is 70. The van der Waals surface area contributed by atoms with Crippen LogP contribution in [0.2, 0.25) is 0 Å². The van der Waals surface area contributed by atoms with Crippen LogP contribution in [0.25, 0.3) is 0 Å². The summed E-state index contributed by atoms with van der Waals surface area (Å²) >= 11 is 0. The molecule has 0 saturated carbocycles. The molecule has 0 bridgehead atoms. The summed E-state index contributed by atoms with van der Waals surface area (Å²) in [5.41, 5.74) is 0. The molecule has 514 valence electrons. The lowest BCUT2D eigenvalue weighted by atomic mass is 10.0. The summed E-state index contributed by atoms with van der Waals surface area (Å²) in [6.07, 6.45) is 93.0. The standard InChI is InChI=1S/C78H144NO8P/c1-6-8-10-12-14-16-18-20-22-24-26-28-30-32-34-35-36-37-38-39-40-41-42-43-45-46-48-50-52-54-56-58-60-62-64-66-68-70-77(80)84-74-76(75-86-88(82,83)85-73-72-79(3,4)5)87-78(81)71-69-67-65-63-61-59-57-55-53-51-49-47-44-33-31-29-27-25-23-21-19-17-15-13-11-9-7-2/h9,11,15,17,21,23-24,26-27,29,33,44,76H,6-8,10,12-14,16,18-20,22,25,28,30-32,34-43,45-75H2,1-5H3/b11-9-,17-15-,23-21-,26-24-,29-27-,44-33-. The first-order valence-corrected chi connectivity index (χ1v) is 39.1. The van der Waals surface area contributed by atoms with Crippen molar-refractivity contribution in [1.29, 1.82) is 0 Å². The summed E-state index contributed by atoms with van der Waals surface area (Å²) in [5, 5.41) is 0. The van der Waals surface area contributed by atoms with Gasteiger partial charge in [0, 0.05) is 12.8 Å². The van der Waals surface area contributed by atoms with E-state index in [1.807, 2.05) is 21.1 Å². The first-order valence-electron chi connectivity index (χ1n) is 37.6. The topological polar surface area (TPSA) is 111 Å². The fraction of sp³-hybridized carbons (Fsp3) is 0.821. The number of carbonyl (C=O) groups excluding carboxylic acids is 2. The minimum Gasteiger partial charge on any atom is -0.756 e. The van der Waals surface area contributed by atoms with Gasteiger partial charge in [0.1, 0.15) is 19.8 Å². The number of esters is 2. The molecule has 2 unspecified atom stereocenters. The van der Waals surface area contributed by atoms with E-state index in [1.54, 1.807) is 0 Å². The van der Waals surface area contributed by atoms with Crippen LogP contribution in [0, 0.1) is 0 Å². The molecule has 0 fully saturated rings. The molecule has 0 aromatic rings. The Morgan fingerprint density at radius 3 is 0.977 bits per heavy atom. The largest absolute Gasteiger partial charge is 0.756 e. The minimum absolute atomic E-state index is 0.0320. The second-order valence-electron chi connectivity index (χ2n) is 26.6. The summed E-state index contributed by atoms with van der Waals surface area (Å²) < 4.78 is 34.4. The zero-order valence-corrected chi connectivity index (χ0v) is 59.6. The monoisotopic (exact) mass is 1250 g/mol. The van der Waals surface area contributed by atoms with Crippen LogP contribution in [0.3, 0.4) is 0 Å². The van der Waals surface area contributed by atoms with E-state index >= 15 is 0 Å². The van der Waals surface area contributed by atoms with Gasteiger partial charge in [-0.3, -0.25) is 14.2 Å². The molecule has 0 rings (SSSR count). The number of unbranched alkanes of at least 4 members (excludes halogenated alkanes) is 44. The van der Waals surface area contributed by atoms with E-state index in [0.29, 0.717) is 17.4 Å². The second-order valence-corrected chi connectivity index (χ2v) is 28.0. The number of phosphoric acid groups is 1. The molecule has 0 aromatic heterocycles. The number of likely N-dealkylation sites (N-methyl/N-ethyl adjacent to an activating group) is 1. The number of hydrogen-bond acceptors (Lipinski definition) is 8. The molecule has 10 heteroatoms. The first-order chi connectivity index (χ1) is 43.0. The van der Waals surface area contributed by atoms with Gasteiger partial charge in [0.15, 0.2) is 6.10 Å². The van der Waals surface area contributed by atoms with Crippen molar-refractivity contribution in [2.75, 3.05) is 47.5 Å². The van der Waals surface area contributed by atoms with Gasteiger partial charge in [-0.25, -0.2) is 0 Å². The molecule has 0 heterocycles. The molecule has 0 radical (unpaired) electrons. The molecule has 0 aliphatic rings. The normalized spacial score (nSPS) is 13.5. The van der Waals surface area contributed by atoms with Gasteiger partial charge >= 0.3 is 11.9 Å². The average Bonchev–Trinajstić information content (AvgIpc) is 3.60. The van der Waals surface area contributed by atoms with Crippen molar-refractivity contribution in [3.05, 3.63) is 72.9 Å². The van der Waals surface area contributed by atoms with Gasteiger partial charge in [-0.15, -0.1) is 0 Å². The Kier molecular flexibility index (Phi) is 66.8. The average molecular weight is 1250 g/mol. The van der Waals surface area contributed by atoms with Gasteiger partial charge in [-0.2, -0.15) is 0 Å². The van der Waals surface area contributed by atoms with E-state index in [-0.39, 0.29) is 32.0 Å². The Hall–Kier alpha value is -2.55. The quantitative estimate of drug-likeness (QED) is 0.0195. The van der Waals surface area contributed by atoms with E-state index in [1.165, 1.54) is 250 Å². The Bertz CT molecular complexity index is 1710. The third-order valence-corrected chi connectivity index (χ3v) is 17.7. The van der Waals surface area contributed by atoms with Crippen LogP contribution in [-0.4, -0.2) is 70.0 Å². The molecule has 0 spiro atoms. The number of quaternary nitrogens is 1. The van der Waals surface area contributed by atoms with Crippen LogP contribution in [0.15, 0.2) is 72.9 Å². The van der Waals surface area contributed by atoms with E-state index in [2.05, 4.69) is 86.8 Å². The number of ether oxygens (including phenoxy) is 2. The zero-order valence-electron chi connectivity index (χ0n) is 58.7. The Balaban J connectivity index is 3.95. The molecule has 2 atom stereocenters. The van der Waals surface area contributed by atoms with Crippen molar-refractivity contribution >= 4 is 19.8 Å². The highest BCUT2D eigenvalue weighted by molar-refractivity contribution is 7.45. The molecular formula is C78H144NO8P. The summed E-state index contributed by atoms with van der Waals surface area (Å²) in [6, 6.07) is 0. The van der Waals surface area contributed by atoms with Gasteiger partial charge in [-0.05, 0) is 83.5 Å². The first kappa shape index (κ1) is 85.5. The van der Waals surface area contributed by atoms with Crippen molar-refractivity contribution in [3.8, 4) is 0 Å². The van der Waals surface area contributed by atoms with Gasteiger partial charge in [-0.1, -0.05) is 337 Å². The van der Waals surface area contributed by atoms with Crippen molar-refractivity contribution in [1.82, 2.24) is 0 Å². The highest BCUT2D eigenvalue weighted by Crippen LogP contribution is 2.38. The molecule has 0 aliphatic carbocycles. The van der Waals surface area contributed by atoms with Crippen molar-refractivity contribution in [3.63, 3.8) is 0 Å². The molecule has 0 aromatic carbocycles. The summed E-state index contributed by atoms with van der Waals surface area (Å²) in [7, 11) is 1.17. The molecule has 0 amide bonds. The predicted octanol–water partition coefficient (Wildman–Crippen LogP) is 24.1. The molecule has 88 heavy (non-hydrogen) atoms. The highest BCUT2D eigenvalue weighted by atomic mass is 31.2. The summed E-state index contributed by atoms with van der Waals surface area (Å²) in [5.74, 6) is -0.823. The van der Waals surface area contributed by atoms with Crippen molar-refractivity contribution in [2.45, 2.75) is 367 Å². The number of carbonyl (C=O) groups is 2. The van der Waals surface area contributed by atoms with Crippen LogP contribution in [0.4, 0.5) is 0 Å².